The zero-order chi connectivity index (χ0) is 27.7. The second kappa shape index (κ2) is 17.3. The molecule has 0 aliphatic heterocycles. The Morgan fingerprint density at radius 2 is 1.54 bits per heavy atom. The summed E-state index contributed by atoms with van der Waals surface area (Å²) in [6.07, 6.45) is 4.35. The van der Waals surface area contributed by atoms with Crippen LogP contribution in [0.4, 0.5) is 4.79 Å². The molecule has 0 unspecified atom stereocenters. The van der Waals surface area contributed by atoms with Crippen LogP contribution < -0.4 is 27.0 Å². The van der Waals surface area contributed by atoms with E-state index in [1.807, 2.05) is 13.0 Å². The number of ether oxygens (including phenoxy) is 1. The molecule has 0 aliphatic rings. The van der Waals surface area contributed by atoms with Gasteiger partial charge in [-0.25, -0.2) is 4.79 Å². The average Bonchev–Trinajstić information content (AvgIpc) is 2.84. The quantitative estimate of drug-likeness (QED) is 0.212. The van der Waals surface area contributed by atoms with Crippen LogP contribution >= 0.6 is 0 Å². The largest absolute Gasteiger partial charge is 0.444 e. The van der Waals surface area contributed by atoms with E-state index in [0.717, 1.165) is 37.7 Å². The van der Waals surface area contributed by atoms with E-state index in [0.29, 0.717) is 50.1 Å². The minimum absolute atomic E-state index is 0.0374. The number of hydrogen-bond acceptors (Lipinski definition) is 6. The molecule has 0 atom stereocenters. The zero-order valence-electron chi connectivity index (χ0n) is 22.8. The highest BCUT2D eigenvalue weighted by atomic mass is 16.6. The standard InChI is InChI=1S/C27H45N5O5/c1-5-23(33)29-15-9-6-10-16-30-25(35)22-13-12-20(18-31-24(34)11-7-8-14-28)17-21(22)19-32-26(36)37-27(2,3)4/h12-13,17H,5-11,14-16,18-19,28H2,1-4H3,(H,29,33)(H,30,35)(H,31,34)(H,32,36). The molecule has 10 heteroatoms. The molecule has 0 aromatic heterocycles. The molecule has 0 radical (unpaired) electrons. The number of nitrogens with one attached hydrogen (secondary N) is 4. The van der Waals surface area contributed by atoms with Crippen molar-refractivity contribution in [1.82, 2.24) is 21.3 Å². The molecule has 10 nitrogen and oxygen atoms in total. The first-order valence-corrected chi connectivity index (χ1v) is 13.2. The molecule has 208 valence electrons. The zero-order valence-corrected chi connectivity index (χ0v) is 22.8. The van der Waals surface area contributed by atoms with Gasteiger partial charge in [0.25, 0.3) is 5.91 Å². The summed E-state index contributed by atoms with van der Waals surface area (Å²) < 4.78 is 5.31. The van der Waals surface area contributed by atoms with Gasteiger partial charge in [0.2, 0.25) is 11.8 Å². The average molecular weight is 520 g/mol. The van der Waals surface area contributed by atoms with Gasteiger partial charge in [0.05, 0.1) is 0 Å². The fraction of sp³-hybridized carbons (Fsp3) is 0.630. The summed E-state index contributed by atoms with van der Waals surface area (Å²) in [5.74, 6) is -0.258. The number of alkyl carbamates (subject to hydrolysis) is 1. The molecule has 1 aromatic carbocycles. The van der Waals surface area contributed by atoms with Gasteiger partial charge < -0.3 is 31.7 Å². The number of rotatable bonds is 16. The smallest absolute Gasteiger partial charge is 0.407 e. The Morgan fingerprint density at radius 1 is 0.838 bits per heavy atom. The highest BCUT2D eigenvalue weighted by Crippen LogP contribution is 2.14. The Bertz CT molecular complexity index is 882. The number of carbonyl (C=O) groups is 4. The predicted molar refractivity (Wildman–Crippen MR) is 144 cm³/mol. The van der Waals surface area contributed by atoms with Crippen molar-refractivity contribution in [2.24, 2.45) is 5.73 Å². The minimum Gasteiger partial charge on any atom is -0.444 e. The maximum absolute atomic E-state index is 12.9. The number of benzene rings is 1. The van der Waals surface area contributed by atoms with Gasteiger partial charge in [-0.2, -0.15) is 0 Å². The van der Waals surface area contributed by atoms with E-state index in [2.05, 4.69) is 21.3 Å². The first-order valence-electron chi connectivity index (χ1n) is 13.2. The van der Waals surface area contributed by atoms with Crippen LogP contribution in [0.25, 0.3) is 0 Å². The Balaban J connectivity index is 2.73. The van der Waals surface area contributed by atoms with Crippen molar-refractivity contribution >= 4 is 23.8 Å². The van der Waals surface area contributed by atoms with Crippen molar-refractivity contribution in [2.75, 3.05) is 19.6 Å². The van der Waals surface area contributed by atoms with Gasteiger partial charge in [0.15, 0.2) is 0 Å². The van der Waals surface area contributed by atoms with Gasteiger partial charge in [-0.05, 0) is 76.6 Å². The van der Waals surface area contributed by atoms with Crippen LogP contribution in [0.15, 0.2) is 18.2 Å². The lowest BCUT2D eigenvalue weighted by Gasteiger charge is -2.20. The van der Waals surface area contributed by atoms with Gasteiger partial charge in [0.1, 0.15) is 5.60 Å². The summed E-state index contributed by atoms with van der Waals surface area (Å²) in [5, 5.41) is 11.3. The van der Waals surface area contributed by atoms with Gasteiger partial charge in [-0.1, -0.05) is 19.1 Å². The summed E-state index contributed by atoms with van der Waals surface area (Å²) in [7, 11) is 0. The molecule has 0 bridgehead atoms. The SMILES string of the molecule is CCC(=O)NCCCCCNC(=O)c1ccc(CNC(=O)CCCCN)cc1CNC(=O)OC(C)(C)C. The molecular weight excluding hydrogens is 474 g/mol. The number of hydrogen-bond donors (Lipinski definition) is 5. The van der Waals surface area contributed by atoms with Crippen LogP contribution in [0.5, 0.6) is 0 Å². The van der Waals surface area contributed by atoms with E-state index in [1.165, 1.54) is 0 Å². The van der Waals surface area contributed by atoms with Crippen LogP contribution in [0.3, 0.4) is 0 Å². The monoisotopic (exact) mass is 519 g/mol. The Labute approximate surface area is 220 Å². The summed E-state index contributed by atoms with van der Waals surface area (Å²) in [6, 6.07) is 5.31. The van der Waals surface area contributed by atoms with Gasteiger partial charge in [0, 0.05) is 44.6 Å². The van der Waals surface area contributed by atoms with E-state index >= 15 is 0 Å². The van der Waals surface area contributed by atoms with Crippen molar-refractivity contribution in [3.05, 3.63) is 34.9 Å². The highest BCUT2D eigenvalue weighted by molar-refractivity contribution is 5.95. The third kappa shape index (κ3) is 14.9. The molecule has 4 amide bonds. The maximum atomic E-state index is 12.9. The fourth-order valence-electron chi connectivity index (χ4n) is 3.40. The van der Waals surface area contributed by atoms with Crippen molar-refractivity contribution in [3.8, 4) is 0 Å². The summed E-state index contributed by atoms with van der Waals surface area (Å²) in [6.45, 7) is 9.26. The first-order chi connectivity index (χ1) is 17.6. The van der Waals surface area contributed by atoms with E-state index in [1.54, 1.807) is 32.9 Å². The van der Waals surface area contributed by atoms with E-state index in [4.69, 9.17) is 10.5 Å². The number of amides is 4. The van der Waals surface area contributed by atoms with E-state index < -0.39 is 11.7 Å². The number of carbonyl (C=O) groups excluding carboxylic acids is 4. The Hall–Kier alpha value is -3.14. The molecule has 1 rings (SSSR count). The van der Waals surface area contributed by atoms with Crippen molar-refractivity contribution in [3.63, 3.8) is 0 Å². The van der Waals surface area contributed by atoms with Crippen molar-refractivity contribution in [1.29, 1.82) is 0 Å². The van der Waals surface area contributed by atoms with Crippen molar-refractivity contribution < 1.29 is 23.9 Å². The summed E-state index contributed by atoms with van der Waals surface area (Å²) >= 11 is 0. The molecule has 6 N–H and O–H groups in total. The first kappa shape index (κ1) is 31.9. The van der Waals surface area contributed by atoms with Gasteiger partial charge in [-0.15, -0.1) is 0 Å². The highest BCUT2D eigenvalue weighted by Gasteiger charge is 2.18. The molecule has 0 saturated heterocycles. The topological polar surface area (TPSA) is 152 Å². The predicted octanol–water partition coefficient (Wildman–Crippen LogP) is 2.88. The second-order valence-electron chi connectivity index (χ2n) is 9.89. The third-order valence-electron chi connectivity index (χ3n) is 5.37. The number of unbranched alkanes of at least 4 members (excludes halogenated alkanes) is 3. The molecule has 1 aromatic rings. The van der Waals surface area contributed by atoms with Gasteiger partial charge in [-0.3, -0.25) is 14.4 Å². The lowest BCUT2D eigenvalue weighted by atomic mass is 10.0. The molecule has 0 heterocycles. The van der Waals surface area contributed by atoms with Crippen LogP contribution in [0, 0.1) is 0 Å². The molecule has 0 aliphatic carbocycles. The molecule has 0 saturated carbocycles. The van der Waals surface area contributed by atoms with Crippen LogP contribution in [-0.2, 0) is 27.4 Å². The molecule has 37 heavy (non-hydrogen) atoms. The molecule has 0 fully saturated rings. The fourth-order valence-corrected chi connectivity index (χ4v) is 3.40. The van der Waals surface area contributed by atoms with Crippen molar-refractivity contribution in [2.45, 2.75) is 91.3 Å². The van der Waals surface area contributed by atoms with Crippen LogP contribution in [0.2, 0.25) is 0 Å². The Kier molecular flexibility index (Phi) is 14.9. The summed E-state index contributed by atoms with van der Waals surface area (Å²) in [5.41, 5.74) is 6.73. The third-order valence-corrected chi connectivity index (χ3v) is 5.37. The molecule has 0 spiro atoms. The van der Waals surface area contributed by atoms with Crippen LogP contribution in [0.1, 0.15) is 94.1 Å². The minimum atomic E-state index is -0.639. The summed E-state index contributed by atoms with van der Waals surface area (Å²) in [4.78, 5) is 48.4. The normalized spacial score (nSPS) is 10.9. The van der Waals surface area contributed by atoms with E-state index in [-0.39, 0.29) is 24.3 Å². The molecular formula is C27H45N5O5. The second-order valence-corrected chi connectivity index (χ2v) is 9.89. The lowest BCUT2D eigenvalue weighted by molar-refractivity contribution is -0.121. The van der Waals surface area contributed by atoms with Crippen LogP contribution in [-0.4, -0.2) is 49.1 Å². The lowest BCUT2D eigenvalue weighted by Crippen LogP contribution is -2.33. The van der Waals surface area contributed by atoms with Gasteiger partial charge >= 0.3 is 6.09 Å². The van der Waals surface area contributed by atoms with E-state index in [9.17, 15) is 19.2 Å². The maximum Gasteiger partial charge on any atom is 0.407 e. The Morgan fingerprint density at radius 3 is 2.19 bits per heavy atom. The number of nitrogens with two attached hydrogens (primary N) is 1.